The molecule has 0 radical (unpaired) electrons. The van der Waals surface area contributed by atoms with Crippen molar-refractivity contribution < 1.29 is 14.7 Å². The topological polar surface area (TPSA) is 78.4 Å². The number of carbonyl (C=O) groups is 2. The highest BCUT2D eigenvalue weighted by molar-refractivity contribution is 6.00. The summed E-state index contributed by atoms with van der Waals surface area (Å²) in [5.74, 6) is -1.01. The highest BCUT2D eigenvalue weighted by Gasteiger charge is 2.20. The van der Waals surface area contributed by atoms with E-state index in [9.17, 15) is 14.7 Å². The third-order valence-corrected chi connectivity index (χ3v) is 3.50. The molecule has 2 aromatic carbocycles. The van der Waals surface area contributed by atoms with E-state index in [1.807, 2.05) is 44.2 Å². The van der Waals surface area contributed by atoms with Crippen molar-refractivity contribution in [3.8, 4) is 0 Å². The number of anilines is 2. The molecule has 120 valence electrons. The summed E-state index contributed by atoms with van der Waals surface area (Å²) >= 11 is 0. The number of hydrogen-bond donors (Lipinski definition) is 3. The number of para-hydroxylation sites is 2. The van der Waals surface area contributed by atoms with Crippen molar-refractivity contribution >= 4 is 23.2 Å². The third-order valence-electron chi connectivity index (χ3n) is 3.50. The quantitative estimate of drug-likeness (QED) is 0.794. The molecule has 3 N–H and O–H groups in total. The fraction of sp³-hybridized carbons (Fsp3) is 0.222. The fourth-order valence-electron chi connectivity index (χ4n) is 2.11. The molecule has 0 unspecified atom stereocenters. The smallest absolute Gasteiger partial charge is 0.253 e. The SMILES string of the molecule is Cc1ccccc1NC(=O)C[C@H](O)C(=O)Nc1ccccc1C. The number of rotatable bonds is 5. The van der Waals surface area contributed by atoms with Crippen molar-refractivity contribution in [2.45, 2.75) is 26.4 Å². The summed E-state index contributed by atoms with van der Waals surface area (Å²) in [6, 6.07) is 14.6. The molecule has 2 rings (SSSR count). The van der Waals surface area contributed by atoms with Gasteiger partial charge in [-0.1, -0.05) is 36.4 Å². The van der Waals surface area contributed by atoms with Gasteiger partial charge in [-0.2, -0.15) is 0 Å². The van der Waals surface area contributed by atoms with Gasteiger partial charge in [-0.05, 0) is 37.1 Å². The maximum atomic E-state index is 12.0. The first-order valence-corrected chi connectivity index (χ1v) is 7.37. The molecule has 0 spiro atoms. The molecule has 5 heteroatoms. The second-order valence-electron chi connectivity index (χ2n) is 5.39. The summed E-state index contributed by atoms with van der Waals surface area (Å²) in [6.07, 6.45) is -1.70. The molecule has 0 heterocycles. The molecule has 0 saturated carbocycles. The summed E-state index contributed by atoms with van der Waals surface area (Å²) in [5.41, 5.74) is 3.09. The molecule has 0 aliphatic rings. The molecule has 23 heavy (non-hydrogen) atoms. The lowest BCUT2D eigenvalue weighted by atomic mass is 10.1. The van der Waals surface area contributed by atoms with Crippen LogP contribution in [0.2, 0.25) is 0 Å². The van der Waals surface area contributed by atoms with Crippen LogP contribution >= 0.6 is 0 Å². The van der Waals surface area contributed by atoms with Crippen LogP contribution < -0.4 is 10.6 Å². The molecule has 0 aromatic heterocycles. The van der Waals surface area contributed by atoms with Gasteiger partial charge in [0, 0.05) is 11.4 Å². The van der Waals surface area contributed by atoms with Gasteiger partial charge < -0.3 is 15.7 Å². The van der Waals surface area contributed by atoms with Crippen LogP contribution in [0.4, 0.5) is 11.4 Å². The van der Waals surface area contributed by atoms with Gasteiger partial charge >= 0.3 is 0 Å². The molecule has 0 aliphatic carbocycles. The molecule has 0 aliphatic heterocycles. The summed E-state index contributed by atoms with van der Waals surface area (Å²) in [4.78, 5) is 23.9. The third kappa shape index (κ3) is 4.66. The number of aryl methyl sites for hydroxylation is 2. The predicted molar refractivity (Wildman–Crippen MR) is 90.2 cm³/mol. The van der Waals surface area contributed by atoms with Crippen LogP contribution in [0, 0.1) is 13.8 Å². The summed E-state index contributed by atoms with van der Waals surface area (Å²) < 4.78 is 0. The van der Waals surface area contributed by atoms with Crippen molar-refractivity contribution in [3.63, 3.8) is 0 Å². The van der Waals surface area contributed by atoms with E-state index in [-0.39, 0.29) is 6.42 Å². The zero-order valence-corrected chi connectivity index (χ0v) is 13.2. The summed E-state index contributed by atoms with van der Waals surface area (Å²) in [6.45, 7) is 3.73. The zero-order valence-electron chi connectivity index (χ0n) is 13.2. The van der Waals surface area contributed by atoms with Crippen LogP contribution in [0.25, 0.3) is 0 Å². The first kappa shape index (κ1) is 16.7. The lowest BCUT2D eigenvalue weighted by Crippen LogP contribution is -2.32. The van der Waals surface area contributed by atoms with E-state index in [4.69, 9.17) is 0 Å². The van der Waals surface area contributed by atoms with Gasteiger partial charge in [0.15, 0.2) is 0 Å². The van der Waals surface area contributed by atoms with Gasteiger partial charge in [-0.3, -0.25) is 9.59 Å². The Labute approximate surface area is 135 Å². The van der Waals surface area contributed by atoms with E-state index < -0.39 is 17.9 Å². The number of hydrogen-bond acceptors (Lipinski definition) is 3. The Morgan fingerprint density at radius 3 is 1.91 bits per heavy atom. The number of nitrogens with one attached hydrogen (secondary N) is 2. The van der Waals surface area contributed by atoms with Gasteiger partial charge in [0.05, 0.1) is 6.42 Å². The molecule has 0 bridgehead atoms. The van der Waals surface area contributed by atoms with Crippen LogP contribution in [0.15, 0.2) is 48.5 Å². The average molecular weight is 312 g/mol. The Hall–Kier alpha value is -2.66. The first-order chi connectivity index (χ1) is 11.0. The zero-order chi connectivity index (χ0) is 16.8. The summed E-state index contributed by atoms with van der Waals surface area (Å²) in [7, 11) is 0. The fourth-order valence-corrected chi connectivity index (χ4v) is 2.11. The predicted octanol–water partition coefficient (Wildman–Crippen LogP) is 2.63. The molecule has 5 nitrogen and oxygen atoms in total. The van der Waals surface area contributed by atoms with E-state index >= 15 is 0 Å². The molecule has 0 saturated heterocycles. The minimum atomic E-state index is -1.40. The van der Waals surface area contributed by atoms with Crippen LogP contribution in [0.1, 0.15) is 17.5 Å². The molecular weight excluding hydrogens is 292 g/mol. The van der Waals surface area contributed by atoms with Crippen LogP contribution in [-0.4, -0.2) is 23.0 Å². The van der Waals surface area contributed by atoms with Gasteiger partial charge in [0.25, 0.3) is 5.91 Å². The monoisotopic (exact) mass is 312 g/mol. The van der Waals surface area contributed by atoms with Gasteiger partial charge in [0.2, 0.25) is 5.91 Å². The number of benzene rings is 2. The molecular formula is C18H20N2O3. The second-order valence-corrected chi connectivity index (χ2v) is 5.39. The molecule has 2 aromatic rings. The van der Waals surface area contributed by atoms with Crippen LogP contribution in [-0.2, 0) is 9.59 Å². The average Bonchev–Trinajstić information content (AvgIpc) is 2.51. The number of aliphatic hydroxyl groups excluding tert-OH is 1. The lowest BCUT2D eigenvalue weighted by molar-refractivity contribution is -0.128. The van der Waals surface area contributed by atoms with Crippen LogP contribution in [0.3, 0.4) is 0 Å². The summed E-state index contributed by atoms with van der Waals surface area (Å²) in [5, 5.41) is 15.2. The number of carbonyl (C=O) groups excluding carboxylic acids is 2. The molecule has 2 amide bonds. The van der Waals surface area contributed by atoms with Gasteiger partial charge in [-0.15, -0.1) is 0 Å². The number of aliphatic hydroxyl groups is 1. The Balaban J connectivity index is 1.92. The van der Waals surface area contributed by atoms with Crippen molar-refractivity contribution in [1.82, 2.24) is 0 Å². The Kier molecular flexibility index (Phi) is 5.49. The van der Waals surface area contributed by atoms with Crippen LogP contribution in [0.5, 0.6) is 0 Å². The second kappa shape index (κ2) is 7.56. The van der Waals surface area contributed by atoms with Gasteiger partial charge in [0.1, 0.15) is 6.10 Å². The highest BCUT2D eigenvalue weighted by Crippen LogP contribution is 2.15. The van der Waals surface area contributed by atoms with Crippen molar-refractivity contribution in [3.05, 3.63) is 59.7 Å². The molecule has 0 fully saturated rings. The Morgan fingerprint density at radius 2 is 1.39 bits per heavy atom. The lowest BCUT2D eigenvalue weighted by Gasteiger charge is -2.13. The Bertz CT molecular complexity index is 713. The first-order valence-electron chi connectivity index (χ1n) is 7.37. The minimum Gasteiger partial charge on any atom is -0.383 e. The van der Waals surface area contributed by atoms with Crippen molar-refractivity contribution in [1.29, 1.82) is 0 Å². The Morgan fingerprint density at radius 1 is 0.913 bits per heavy atom. The normalized spacial score (nSPS) is 11.6. The van der Waals surface area contributed by atoms with E-state index in [0.29, 0.717) is 11.4 Å². The number of amides is 2. The maximum absolute atomic E-state index is 12.0. The maximum Gasteiger partial charge on any atom is 0.253 e. The van der Waals surface area contributed by atoms with E-state index in [1.165, 1.54) is 0 Å². The van der Waals surface area contributed by atoms with E-state index in [2.05, 4.69) is 10.6 Å². The minimum absolute atomic E-state index is 0.300. The largest absolute Gasteiger partial charge is 0.383 e. The van der Waals surface area contributed by atoms with Crippen molar-refractivity contribution in [2.75, 3.05) is 10.6 Å². The van der Waals surface area contributed by atoms with E-state index in [1.54, 1.807) is 18.2 Å². The highest BCUT2D eigenvalue weighted by atomic mass is 16.3. The van der Waals surface area contributed by atoms with E-state index in [0.717, 1.165) is 11.1 Å². The standard InChI is InChI=1S/C18H20N2O3/c1-12-7-3-5-9-14(12)19-17(22)11-16(21)18(23)20-15-10-6-4-8-13(15)2/h3-10,16,21H,11H2,1-2H3,(H,19,22)(H,20,23)/t16-/m0/s1. The molecule has 1 atom stereocenters. The van der Waals surface area contributed by atoms with Crippen molar-refractivity contribution in [2.24, 2.45) is 0 Å². The van der Waals surface area contributed by atoms with Gasteiger partial charge in [-0.25, -0.2) is 0 Å².